The highest BCUT2D eigenvalue weighted by atomic mass is 35.5. The van der Waals surface area contributed by atoms with E-state index >= 15 is 0 Å². The van der Waals surface area contributed by atoms with Gasteiger partial charge >= 0.3 is 0 Å². The van der Waals surface area contributed by atoms with E-state index in [9.17, 15) is 4.79 Å². The summed E-state index contributed by atoms with van der Waals surface area (Å²) < 4.78 is 0. The van der Waals surface area contributed by atoms with Crippen molar-refractivity contribution in [2.24, 2.45) is 5.10 Å². The molecule has 0 aromatic heterocycles. The van der Waals surface area contributed by atoms with Crippen LogP contribution in [0.25, 0.3) is 0 Å². The number of aryl methyl sites for hydroxylation is 1. The molecule has 0 saturated carbocycles. The minimum atomic E-state index is -0.220. The van der Waals surface area contributed by atoms with Crippen LogP contribution in [0.15, 0.2) is 53.6 Å². The molecule has 0 heterocycles. The first-order valence-corrected chi connectivity index (χ1v) is 7.32. The first-order valence-electron chi connectivity index (χ1n) is 6.95. The van der Waals surface area contributed by atoms with E-state index < -0.39 is 0 Å². The molecular formula is C17H15ClN2O. The van der Waals surface area contributed by atoms with Gasteiger partial charge in [-0.15, -0.1) is 0 Å². The van der Waals surface area contributed by atoms with Crippen LogP contribution in [0.5, 0.6) is 0 Å². The largest absolute Gasteiger partial charge is 0.271 e. The lowest BCUT2D eigenvalue weighted by Gasteiger charge is -2.17. The third-order valence-electron chi connectivity index (χ3n) is 3.59. The molecule has 1 N–H and O–H groups in total. The lowest BCUT2D eigenvalue weighted by atomic mass is 9.90. The van der Waals surface area contributed by atoms with Gasteiger partial charge in [-0.1, -0.05) is 35.9 Å². The van der Waals surface area contributed by atoms with E-state index in [1.165, 1.54) is 5.56 Å². The third-order valence-corrected chi connectivity index (χ3v) is 3.84. The highest BCUT2D eigenvalue weighted by Crippen LogP contribution is 2.21. The fraction of sp³-hybridized carbons (Fsp3) is 0.176. The molecule has 0 unspecified atom stereocenters. The topological polar surface area (TPSA) is 41.5 Å². The van der Waals surface area contributed by atoms with Crippen LogP contribution >= 0.6 is 11.6 Å². The molecule has 2 aromatic carbocycles. The van der Waals surface area contributed by atoms with E-state index in [0.29, 0.717) is 10.6 Å². The summed E-state index contributed by atoms with van der Waals surface area (Å²) in [7, 11) is 0. The van der Waals surface area contributed by atoms with E-state index in [1.807, 2.05) is 12.1 Å². The zero-order valence-electron chi connectivity index (χ0n) is 11.5. The Labute approximate surface area is 128 Å². The van der Waals surface area contributed by atoms with Gasteiger partial charge in [-0.3, -0.25) is 4.79 Å². The lowest BCUT2D eigenvalue weighted by Crippen LogP contribution is -2.22. The summed E-state index contributed by atoms with van der Waals surface area (Å²) in [5.74, 6) is -0.220. The monoisotopic (exact) mass is 298 g/mol. The van der Waals surface area contributed by atoms with Crippen LogP contribution in [0, 0.1) is 0 Å². The van der Waals surface area contributed by atoms with Gasteiger partial charge in [-0.2, -0.15) is 5.10 Å². The smallest absolute Gasteiger partial charge is 0.267 e. The number of halogens is 1. The normalized spacial score (nSPS) is 15.6. The maximum atomic E-state index is 12.0. The number of nitrogens with zero attached hydrogens (tertiary/aromatic N) is 1. The number of amides is 1. The highest BCUT2D eigenvalue weighted by Gasteiger charge is 2.15. The van der Waals surface area contributed by atoms with Crippen molar-refractivity contribution in [3.8, 4) is 0 Å². The Bertz CT molecular complexity index is 692. The van der Waals surface area contributed by atoms with Crippen LogP contribution in [0.2, 0.25) is 5.02 Å². The van der Waals surface area contributed by atoms with Crippen molar-refractivity contribution in [2.75, 3.05) is 0 Å². The maximum absolute atomic E-state index is 12.0. The molecule has 21 heavy (non-hydrogen) atoms. The number of hydrazone groups is 1. The van der Waals surface area contributed by atoms with Crippen LogP contribution in [-0.2, 0) is 6.42 Å². The average Bonchev–Trinajstić information content (AvgIpc) is 2.53. The fourth-order valence-corrected chi connectivity index (χ4v) is 2.63. The molecule has 0 bridgehead atoms. The molecule has 2 aromatic rings. The molecule has 0 aliphatic heterocycles. The van der Waals surface area contributed by atoms with Crippen molar-refractivity contribution in [1.29, 1.82) is 0 Å². The summed E-state index contributed by atoms with van der Waals surface area (Å²) in [6, 6.07) is 15.0. The second kappa shape index (κ2) is 6.10. The molecule has 106 valence electrons. The van der Waals surface area contributed by atoms with Crippen LogP contribution in [0.1, 0.15) is 34.3 Å². The van der Waals surface area contributed by atoms with Gasteiger partial charge in [0.05, 0.1) is 5.71 Å². The van der Waals surface area contributed by atoms with Gasteiger partial charge in [0, 0.05) is 16.1 Å². The molecule has 0 spiro atoms. The van der Waals surface area contributed by atoms with E-state index in [1.54, 1.807) is 24.3 Å². The molecule has 0 atom stereocenters. The number of rotatable bonds is 2. The Morgan fingerprint density at radius 3 is 2.62 bits per heavy atom. The van der Waals surface area contributed by atoms with Crippen molar-refractivity contribution in [3.05, 3.63) is 70.2 Å². The number of carbonyl (C=O) groups is 1. The molecular weight excluding hydrogens is 284 g/mol. The number of carbonyl (C=O) groups excluding carboxylic acids is 1. The van der Waals surface area contributed by atoms with Gasteiger partial charge < -0.3 is 0 Å². The summed E-state index contributed by atoms with van der Waals surface area (Å²) >= 11 is 5.81. The van der Waals surface area contributed by atoms with Gasteiger partial charge in [0.2, 0.25) is 0 Å². The molecule has 0 fully saturated rings. The Balaban J connectivity index is 1.78. The number of hydrogen-bond acceptors (Lipinski definition) is 2. The highest BCUT2D eigenvalue weighted by molar-refractivity contribution is 6.30. The second-order valence-corrected chi connectivity index (χ2v) is 5.45. The van der Waals surface area contributed by atoms with Gasteiger partial charge in [0.25, 0.3) is 5.91 Å². The maximum Gasteiger partial charge on any atom is 0.271 e. The van der Waals surface area contributed by atoms with Crippen molar-refractivity contribution < 1.29 is 4.79 Å². The zero-order chi connectivity index (χ0) is 14.7. The first kappa shape index (κ1) is 13.8. The first-order chi connectivity index (χ1) is 10.2. The van der Waals surface area contributed by atoms with Crippen molar-refractivity contribution in [1.82, 2.24) is 5.43 Å². The van der Waals surface area contributed by atoms with Gasteiger partial charge in [-0.25, -0.2) is 5.43 Å². The molecule has 1 aliphatic carbocycles. The molecule has 0 saturated heterocycles. The average molecular weight is 299 g/mol. The van der Waals surface area contributed by atoms with E-state index in [-0.39, 0.29) is 5.91 Å². The predicted octanol–water partition coefficient (Wildman–Crippen LogP) is 3.81. The summed E-state index contributed by atoms with van der Waals surface area (Å²) in [5, 5.41) is 4.92. The van der Waals surface area contributed by atoms with Crippen LogP contribution in [-0.4, -0.2) is 11.6 Å². The second-order valence-electron chi connectivity index (χ2n) is 5.02. The Morgan fingerprint density at radius 1 is 1.05 bits per heavy atom. The molecule has 4 heteroatoms. The zero-order valence-corrected chi connectivity index (χ0v) is 12.2. The minimum Gasteiger partial charge on any atom is -0.267 e. The lowest BCUT2D eigenvalue weighted by molar-refractivity contribution is 0.0955. The van der Waals surface area contributed by atoms with Gasteiger partial charge in [0.15, 0.2) is 0 Å². The van der Waals surface area contributed by atoms with E-state index in [0.717, 1.165) is 30.5 Å². The minimum absolute atomic E-state index is 0.220. The SMILES string of the molecule is O=C(NN=C1CCCc2ccccc21)c1ccc(Cl)cc1. The Hall–Kier alpha value is -2.13. The van der Waals surface area contributed by atoms with Gasteiger partial charge in [0.1, 0.15) is 0 Å². The number of hydrogen-bond donors (Lipinski definition) is 1. The summed E-state index contributed by atoms with van der Waals surface area (Å²) in [6.07, 6.45) is 3.02. The summed E-state index contributed by atoms with van der Waals surface area (Å²) in [5.41, 5.74) is 6.56. The Morgan fingerprint density at radius 2 is 1.81 bits per heavy atom. The van der Waals surface area contributed by atoms with Crippen molar-refractivity contribution in [3.63, 3.8) is 0 Å². The van der Waals surface area contributed by atoms with Gasteiger partial charge in [-0.05, 0) is 49.1 Å². The molecule has 1 aliphatic rings. The van der Waals surface area contributed by atoms with Crippen LogP contribution < -0.4 is 5.43 Å². The molecule has 3 rings (SSSR count). The van der Waals surface area contributed by atoms with Crippen LogP contribution in [0.3, 0.4) is 0 Å². The van der Waals surface area contributed by atoms with Crippen molar-refractivity contribution in [2.45, 2.75) is 19.3 Å². The third kappa shape index (κ3) is 3.14. The Kier molecular flexibility index (Phi) is 4.02. The van der Waals surface area contributed by atoms with Crippen LogP contribution in [0.4, 0.5) is 0 Å². The molecule has 1 amide bonds. The number of fused-ring (bicyclic) bond motifs is 1. The predicted molar refractivity (Wildman–Crippen MR) is 84.8 cm³/mol. The number of benzene rings is 2. The number of nitrogens with one attached hydrogen (secondary N) is 1. The van der Waals surface area contributed by atoms with Crippen molar-refractivity contribution >= 4 is 23.2 Å². The summed E-state index contributed by atoms with van der Waals surface area (Å²) in [6.45, 7) is 0. The fourth-order valence-electron chi connectivity index (χ4n) is 2.50. The van der Waals surface area contributed by atoms with E-state index in [4.69, 9.17) is 11.6 Å². The molecule has 3 nitrogen and oxygen atoms in total. The summed E-state index contributed by atoms with van der Waals surface area (Å²) in [4.78, 5) is 12.0. The van der Waals surface area contributed by atoms with E-state index in [2.05, 4.69) is 22.7 Å². The quantitative estimate of drug-likeness (QED) is 0.842. The molecule has 0 radical (unpaired) electrons. The standard InChI is InChI=1S/C17H15ClN2O/c18-14-10-8-13(9-11-14)17(21)20-19-16-7-3-5-12-4-1-2-6-15(12)16/h1-2,4,6,8-11H,3,5,7H2,(H,20,21).